The van der Waals surface area contributed by atoms with E-state index >= 15 is 0 Å². The summed E-state index contributed by atoms with van der Waals surface area (Å²) in [5.41, 5.74) is 1.17. The Bertz CT molecular complexity index is 1170. The molecule has 0 spiro atoms. The number of benzene rings is 2. The molecule has 1 amide bonds. The molecule has 2 aromatic rings. The van der Waals surface area contributed by atoms with Gasteiger partial charge in [-0.25, -0.2) is 0 Å². The summed E-state index contributed by atoms with van der Waals surface area (Å²) in [4.78, 5) is 30.1. The third-order valence-corrected chi connectivity index (χ3v) is 6.50. The second kappa shape index (κ2) is 11.7. The van der Waals surface area contributed by atoms with Crippen LogP contribution in [0, 0.1) is 5.92 Å². The highest BCUT2D eigenvalue weighted by atomic mass is 16.6. The van der Waals surface area contributed by atoms with Gasteiger partial charge in [0.25, 0.3) is 11.7 Å². The van der Waals surface area contributed by atoms with E-state index in [9.17, 15) is 14.7 Å². The summed E-state index contributed by atoms with van der Waals surface area (Å²) in [6, 6.07) is 11.7. The summed E-state index contributed by atoms with van der Waals surface area (Å²) in [6.45, 7) is 6.84. The van der Waals surface area contributed by atoms with Gasteiger partial charge in [0.2, 0.25) is 0 Å². The van der Waals surface area contributed by atoms with Crippen molar-refractivity contribution in [2.45, 2.75) is 32.7 Å². The molecular weight excluding hydrogens is 472 g/mol. The van der Waals surface area contributed by atoms with Crippen molar-refractivity contribution >= 4 is 17.4 Å². The van der Waals surface area contributed by atoms with Crippen LogP contribution in [0.1, 0.15) is 43.9 Å². The minimum Gasteiger partial charge on any atom is -0.507 e. The molecule has 4 rings (SSSR count). The number of likely N-dealkylation sites (tertiary alicyclic amines) is 1. The van der Waals surface area contributed by atoms with Gasteiger partial charge < -0.3 is 29.1 Å². The molecule has 0 radical (unpaired) electrons. The number of fused-ring (bicyclic) bond motifs is 1. The number of nitrogens with zero attached hydrogens (tertiary/aromatic N) is 2. The zero-order chi connectivity index (χ0) is 26.5. The Morgan fingerprint density at radius 3 is 2.59 bits per heavy atom. The van der Waals surface area contributed by atoms with E-state index in [0.717, 1.165) is 13.0 Å². The average Bonchev–Trinajstić information content (AvgIpc) is 3.13. The normalized spacial score (nSPS) is 18.6. The summed E-state index contributed by atoms with van der Waals surface area (Å²) < 4.78 is 17.2. The fourth-order valence-electron chi connectivity index (χ4n) is 4.55. The van der Waals surface area contributed by atoms with Gasteiger partial charge in [0, 0.05) is 12.1 Å². The molecule has 8 heteroatoms. The molecule has 2 aliphatic rings. The predicted molar refractivity (Wildman–Crippen MR) is 141 cm³/mol. The molecule has 1 fully saturated rings. The smallest absolute Gasteiger partial charge is 0.295 e. The lowest BCUT2D eigenvalue weighted by Crippen LogP contribution is -2.32. The number of Topliss-reactive ketones (excluding diaryl/α,β-unsaturated/α-hetero) is 1. The van der Waals surface area contributed by atoms with Gasteiger partial charge >= 0.3 is 0 Å². The average molecular weight is 509 g/mol. The summed E-state index contributed by atoms with van der Waals surface area (Å²) >= 11 is 0. The van der Waals surface area contributed by atoms with Gasteiger partial charge in [0.1, 0.15) is 24.7 Å². The highest BCUT2D eigenvalue weighted by molar-refractivity contribution is 6.46. The number of aliphatic hydroxyl groups excluding tert-OH is 1. The second-order valence-corrected chi connectivity index (χ2v) is 10.1. The maximum atomic E-state index is 13.3. The minimum absolute atomic E-state index is 0.0610. The highest BCUT2D eigenvalue weighted by Gasteiger charge is 2.46. The number of carbonyl (C=O) groups excluding carboxylic acids is 2. The third kappa shape index (κ3) is 6.07. The molecule has 1 saturated heterocycles. The van der Waals surface area contributed by atoms with Crippen molar-refractivity contribution in [1.82, 2.24) is 9.80 Å². The summed E-state index contributed by atoms with van der Waals surface area (Å²) in [5, 5.41) is 11.4. The molecule has 198 valence electrons. The van der Waals surface area contributed by atoms with Crippen LogP contribution in [0.4, 0.5) is 0 Å². The summed E-state index contributed by atoms with van der Waals surface area (Å²) in [5.74, 6) is 0.695. The molecule has 2 aliphatic heterocycles. The molecule has 0 saturated carbocycles. The topological polar surface area (TPSA) is 88.5 Å². The van der Waals surface area contributed by atoms with Crippen LogP contribution < -0.4 is 14.2 Å². The van der Waals surface area contributed by atoms with Crippen LogP contribution in [-0.4, -0.2) is 73.6 Å². The summed E-state index contributed by atoms with van der Waals surface area (Å²) in [6.07, 6.45) is 1.60. The highest BCUT2D eigenvalue weighted by Crippen LogP contribution is 2.41. The molecule has 1 atom stereocenters. The Morgan fingerprint density at radius 1 is 1.11 bits per heavy atom. The van der Waals surface area contributed by atoms with E-state index in [4.69, 9.17) is 14.2 Å². The number of aliphatic hydroxyl groups is 1. The number of ketones is 1. The Kier molecular flexibility index (Phi) is 8.38. The number of hydrogen-bond donors (Lipinski definition) is 1. The van der Waals surface area contributed by atoms with Gasteiger partial charge in [-0.2, -0.15) is 0 Å². The van der Waals surface area contributed by atoms with Gasteiger partial charge in [-0.15, -0.1) is 0 Å². The fraction of sp³-hybridized carbons (Fsp3) is 0.448. The minimum atomic E-state index is -0.732. The maximum Gasteiger partial charge on any atom is 0.295 e. The van der Waals surface area contributed by atoms with Crippen molar-refractivity contribution in [2.24, 2.45) is 5.92 Å². The first-order chi connectivity index (χ1) is 17.8. The van der Waals surface area contributed by atoms with Crippen molar-refractivity contribution in [3.8, 4) is 17.2 Å². The molecule has 2 aromatic carbocycles. The van der Waals surface area contributed by atoms with Gasteiger partial charge in [-0.3, -0.25) is 9.59 Å². The van der Waals surface area contributed by atoms with Crippen LogP contribution in [0.5, 0.6) is 17.2 Å². The molecular formula is C29H36N2O6. The molecule has 0 unspecified atom stereocenters. The van der Waals surface area contributed by atoms with E-state index in [-0.39, 0.29) is 11.3 Å². The van der Waals surface area contributed by atoms with Crippen molar-refractivity contribution in [3.63, 3.8) is 0 Å². The molecule has 0 aliphatic carbocycles. The van der Waals surface area contributed by atoms with E-state index < -0.39 is 17.7 Å². The van der Waals surface area contributed by atoms with E-state index in [1.54, 1.807) is 23.1 Å². The Hall–Kier alpha value is -3.52. The van der Waals surface area contributed by atoms with Gasteiger partial charge in [0.15, 0.2) is 11.5 Å². The van der Waals surface area contributed by atoms with E-state index in [2.05, 4.69) is 13.8 Å². The van der Waals surface area contributed by atoms with Crippen LogP contribution >= 0.6 is 0 Å². The van der Waals surface area contributed by atoms with Crippen molar-refractivity contribution in [1.29, 1.82) is 0 Å². The molecule has 0 bridgehead atoms. The van der Waals surface area contributed by atoms with Crippen molar-refractivity contribution in [2.75, 3.05) is 47.0 Å². The fourth-order valence-corrected chi connectivity index (χ4v) is 4.55. The van der Waals surface area contributed by atoms with Gasteiger partial charge in [0.05, 0.1) is 18.2 Å². The van der Waals surface area contributed by atoms with Crippen molar-refractivity contribution in [3.05, 3.63) is 59.2 Å². The van der Waals surface area contributed by atoms with Crippen LogP contribution in [-0.2, 0) is 9.59 Å². The van der Waals surface area contributed by atoms with Gasteiger partial charge in [-0.05, 0) is 75.3 Å². The van der Waals surface area contributed by atoms with E-state index in [0.29, 0.717) is 67.1 Å². The molecule has 1 N–H and O–H groups in total. The first-order valence-electron chi connectivity index (χ1n) is 12.8. The first-order valence-corrected chi connectivity index (χ1v) is 12.8. The monoisotopic (exact) mass is 508 g/mol. The van der Waals surface area contributed by atoms with Crippen LogP contribution in [0.2, 0.25) is 0 Å². The molecule has 0 aromatic heterocycles. The Balaban J connectivity index is 1.73. The maximum absolute atomic E-state index is 13.3. The number of rotatable bonds is 10. The number of carbonyl (C=O) groups is 2. The lowest BCUT2D eigenvalue weighted by molar-refractivity contribution is -0.139. The number of ether oxygens (including phenoxy) is 3. The number of amides is 1. The van der Waals surface area contributed by atoms with E-state index in [1.165, 1.54) is 0 Å². The third-order valence-electron chi connectivity index (χ3n) is 6.50. The Labute approximate surface area is 218 Å². The van der Waals surface area contributed by atoms with Crippen LogP contribution in [0.25, 0.3) is 5.76 Å². The summed E-state index contributed by atoms with van der Waals surface area (Å²) in [7, 11) is 3.93. The lowest BCUT2D eigenvalue weighted by Gasteiger charge is -2.26. The zero-order valence-electron chi connectivity index (χ0n) is 22.0. The zero-order valence-corrected chi connectivity index (χ0v) is 22.0. The molecule has 37 heavy (non-hydrogen) atoms. The largest absolute Gasteiger partial charge is 0.507 e. The van der Waals surface area contributed by atoms with Gasteiger partial charge in [-0.1, -0.05) is 26.0 Å². The lowest BCUT2D eigenvalue weighted by atomic mass is 9.95. The standard InChI is InChI=1S/C29H36N2O6/c1-19(2)11-14-35-22-8-5-7-20(17-22)26-25(28(33)29(34)31(26)13-6-12-30(3)4)27(32)21-9-10-23-24(18-21)37-16-15-36-23/h5,7-10,17-19,26,32H,6,11-16H2,1-4H3/t26-/m1/s1. The van der Waals surface area contributed by atoms with Crippen LogP contribution in [0.15, 0.2) is 48.0 Å². The van der Waals surface area contributed by atoms with E-state index in [1.807, 2.05) is 43.3 Å². The quantitative estimate of drug-likeness (QED) is 0.292. The number of hydrogen-bond acceptors (Lipinski definition) is 7. The second-order valence-electron chi connectivity index (χ2n) is 10.1. The van der Waals surface area contributed by atoms with Crippen LogP contribution in [0.3, 0.4) is 0 Å². The first kappa shape index (κ1) is 26.5. The predicted octanol–water partition coefficient (Wildman–Crippen LogP) is 4.26. The molecule has 8 nitrogen and oxygen atoms in total. The molecule has 2 heterocycles. The SMILES string of the molecule is CC(C)CCOc1cccc([C@@H]2C(=C(O)c3ccc4c(c3)OCCO4)C(=O)C(=O)N2CCCN(C)C)c1. The van der Waals surface area contributed by atoms with Crippen molar-refractivity contribution < 1.29 is 28.9 Å². The Morgan fingerprint density at radius 2 is 1.86 bits per heavy atom.